The molecule has 1 fully saturated rings. The van der Waals surface area contributed by atoms with Crippen molar-refractivity contribution in [1.82, 2.24) is 15.1 Å². The van der Waals surface area contributed by atoms with E-state index in [0.29, 0.717) is 6.54 Å². The topological polar surface area (TPSA) is 50.1 Å². The molecule has 1 aromatic rings. The van der Waals surface area contributed by atoms with E-state index in [-0.39, 0.29) is 0 Å². The average molecular weight is 302 g/mol. The van der Waals surface area contributed by atoms with E-state index in [1.807, 2.05) is 11.6 Å². The lowest BCUT2D eigenvalue weighted by Crippen LogP contribution is -2.46. The van der Waals surface area contributed by atoms with Gasteiger partial charge in [-0.2, -0.15) is 5.10 Å². The van der Waals surface area contributed by atoms with Crippen LogP contribution in [-0.4, -0.2) is 27.0 Å². The SMILES string of the molecule is CCn1nc(C)c(Br)c1CNCC1(O)CCC1. The zero-order valence-electron chi connectivity index (χ0n) is 10.5. The Labute approximate surface area is 111 Å². The van der Waals surface area contributed by atoms with Gasteiger partial charge < -0.3 is 10.4 Å². The highest BCUT2D eigenvalue weighted by molar-refractivity contribution is 9.10. The minimum Gasteiger partial charge on any atom is -0.389 e. The van der Waals surface area contributed by atoms with Gasteiger partial charge in [0.25, 0.3) is 0 Å². The first-order valence-corrected chi connectivity index (χ1v) is 7.00. The predicted octanol–water partition coefficient (Wildman–Crippen LogP) is 1.98. The molecule has 0 aliphatic heterocycles. The largest absolute Gasteiger partial charge is 0.389 e. The Hall–Kier alpha value is -0.390. The van der Waals surface area contributed by atoms with Crippen LogP contribution in [0.15, 0.2) is 4.47 Å². The fourth-order valence-electron chi connectivity index (χ4n) is 2.21. The summed E-state index contributed by atoms with van der Waals surface area (Å²) in [6, 6.07) is 0. The first-order chi connectivity index (χ1) is 8.06. The van der Waals surface area contributed by atoms with Crippen LogP contribution in [0.5, 0.6) is 0 Å². The monoisotopic (exact) mass is 301 g/mol. The maximum absolute atomic E-state index is 9.99. The van der Waals surface area contributed by atoms with Crippen molar-refractivity contribution < 1.29 is 5.11 Å². The molecule has 0 spiro atoms. The molecular weight excluding hydrogens is 282 g/mol. The van der Waals surface area contributed by atoms with Gasteiger partial charge in [-0.25, -0.2) is 0 Å². The van der Waals surface area contributed by atoms with Crippen LogP contribution in [0.4, 0.5) is 0 Å². The van der Waals surface area contributed by atoms with Crippen molar-refractivity contribution >= 4 is 15.9 Å². The molecule has 1 aliphatic rings. The van der Waals surface area contributed by atoms with E-state index in [2.05, 4.69) is 33.3 Å². The molecule has 2 rings (SSSR count). The van der Waals surface area contributed by atoms with Gasteiger partial charge in [-0.15, -0.1) is 0 Å². The second-order valence-electron chi connectivity index (χ2n) is 4.84. The highest BCUT2D eigenvalue weighted by Crippen LogP contribution is 2.30. The number of halogens is 1. The summed E-state index contributed by atoms with van der Waals surface area (Å²) < 4.78 is 3.07. The van der Waals surface area contributed by atoms with Gasteiger partial charge in [0.2, 0.25) is 0 Å². The lowest BCUT2D eigenvalue weighted by Gasteiger charge is -2.36. The van der Waals surface area contributed by atoms with Crippen molar-refractivity contribution in [2.24, 2.45) is 0 Å². The van der Waals surface area contributed by atoms with Gasteiger partial charge in [0.15, 0.2) is 0 Å². The van der Waals surface area contributed by atoms with E-state index in [1.165, 1.54) is 0 Å². The third kappa shape index (κ3) is 2.72. The van der Waals surface area contributed by atoms with Gasteiger partial charge in [0.05, 0.1) is 21.5 Å². The second-order valence-corrected chi connectivity index (χ2v) is 5.64. The molecule has 1 saturated carbocycles. The maximum Gasteiger partial charge on any atom is 0.0771 e. The molecule has 0 unspecified atom stereocenters. The van der Waals surface area contributed by atoms with Gasteiger partial charge in [0.1, 0.15) is 0 Å². The molecule has 1 aliphatic carbocycles. The third-order valence-corrected chi connectivity index (χ3v) is 4.52. The van der Waals surface area contributed by atoms with Gasteiger partial charge >= 0.3 is 0 Å². The Morgan fingerprint density at radius 3 is 2.76 bits per heavy atom. The van der Waals surface area contributed by atoms with Crippen LogP contribution < -0.4 is 5.32 Å². The molecule has 0 radical (unpaired) electrons. The van der Waals surface area contributed by atoms with Crippen molar-refractivity contribution in [2.45, 2.75) is 51.8 Å². The molecule has 1 aromatic heterocycles. The highest BCUT2D eigenvalue weighted by atomic mass is 79.9. The molecule has 0 atom stereocenters. The van der Waals surface area contributed by atoms with Crippen LogP contribution in [0.1, 0.15) is 37.6 Å². The molecule has 0 amide bonds. The minimum absolute atomic E-state index is 0.460. The van der Waals surface area contributed by atoms with Gasteiger partial charge in [-0.05, 0) is 49.0 Å². The summed E-state index contributed by atoms with van der Waals surface area (Å²) in [7, 11) is 0. The Kier molecular flexibility index (Phi) is 3.90. The molecule has 4 nitrogen and oxygen atoms in total. The van der Waals surface area contributed by atoms with Crippen LogP contribution in [0.3, 0.4) is 0 Å². The summed E-state index contributed by atoms with van der Waals surface area (Å²) >= 11 is 3.57. The molecule has 17 heavy (non-hydrogen) atoms. The number of nitrogens with one attached hydrogen (secondary N) is 1. The Morgan fingerprint density at radius 1 is 1.53 bits per heavy atom. The maximum atomic E-state index is 9.99. The lowest BCUT2D eigenvalue weighted by atomic mass is 9.80. The number of hydrogen-bond donors (Lipinski definition) is 2. The first-order valence-electron chi connectivity index (χ1n) is 6.20. The normalized spacial score (nSPS) is 18.1. The number of rotatable bonds is 5. The van der Waals surface area contributed by atoms with Crippen LogP contribution in [0.2, 0.25) is 0 Å². The minimum atomic E-state index is -0.460. The lowest BCUT2D eigenvalue weighted by molar-refractivity contribution is -0.0315. The number of aliphatic hydroxyl groups is 1. The highest BCUT2D eigenvalue weighted by Gasteiger charge is 2.33. The molecular formula is C12H20BrN3O. The van der Waals surface area contributed by atoms with E-state index >= 15 is 0 Å². The number of aryl methyl sites for hydroxylation is 2. The molecule has 96 valence electrons. The summed E-state index contributed by atoms with van der Waals surface area (Å²) in [5.41, 5.74) is 1.72. The second kappa shape index (κ2) is 5.08. The predicted molar refractivity (Wildman–Crippen MR) is 70.8 cm³/mol. The van der Waals surface area contributed by atoms with Crippen LogP contribution in [-0.2, 0) is 13.1 Å². The smallest absolute Gasteiger partial charge is 0.0771 e. The van der Waals surface area contributed by atoms with Crippen LogP contribution in [0, 0.1) is 6.92 Å². The van der Waals surface area contributed by atoms with Crippen molar-refractivity contribution in [3.8, 4) is 0 Å². The molecule has 0 saturated heterocycles. The Balaban J connectivity index is 1.94. The molecule has 0 aromatic carbocycles. The van der Waals surface area contributed by atoms with Gasteiger partial charge in [-0.3, -0.25) is 4.68 Å². The van der Waals surface area contributed by atoms with E-state index in [9.17, 15) is 5.11 Å². The fraction of sp³-hybridized carbons (Fsp3) is 0.750. The summed E-state index contributed by atoms with van der Waals surface area (Å²) in [6.45, 7) is 6.37. The van der Waals surface area contributed by atoms with Crippen molar-refractivity contribution in [1.29, 1.82) is 0 Å². The van der Waals surface area contributed by atoms with E-state index in [4.69, 9.17) is 0 Å². The van der Waals surface area contributed by atoms with Gasteiger partial charge in [-0.1, -0.05) is 0 Å². The standard InChI is InChI=1S/C12H20BrN3O/c1-3-16-10(11(13)9(2)15-16)7-14-8-12(17)5-4-6-12/h14,17H,3-8H2,1-2H3. The number of nitrogens with zero attached hydrogens (tertiary/aromatic N) is 2. The van der Waals surface area contributed by atoms with Crippen LogP contribution >= 0.6 is 15.9 Å². The van der Waals surface area contributed by atoms with Crippen molar-refractivity contribution in [3.05, 3.63) is 15.9 Å². The van der Waals surface area contributed by atoms with Crippen LogP contribution in [0.25, 0.3) is 0 Å². The fourth-order valence-corrected chi connectivity index (χ4v) is 2.64. The zero-order chi connectivity index (χ0) is 12.5. The summed E-state index contributed by atoms with van der Waals surface area (Å²) in [5.74, 6) is 0. The van der Waals surface area contributed by atoms with E-state index < -0.39 is 5.60 Å². The summed E-state index contributed by atoms with van der Waals surface area (Å²) in [6.07, 6.45) is 2.99. The number of hydrogen-bond acceptors (Lipinski definition) is 3. The summed E-state index contributed by atoms with van der Waals surface area (Å²) in [5, 5.41) is 17.8. The Bertz CT molecular complexity index is 399. The quantitative estimate of drug-likeness (QED) is 0.874. The Morgan fingerprint density at radius 2 is 2.24 bits per heavy atom. The van der Waals surface area contributed by atoms with E-state index in [0.717, 1.165) is 48.2 Å². The molecule has 2 N–H and O–H groups in total. The number of aromatic nitrogens is 2. The first kappa shape index (κ1) is 13.1. The summed E-state index contributed by atoms with van der Waals surface area (Å²) in [4.78, 5) is 0. The average Bonchev–Trinajstić information content (AvgIpc) is 2.54. The third-order valence-electron chi connectivity index (χ3n) is 3.48. The molecule has 0 bridgehead atoms. The molecule has 1 heterocycles. The molecule has 5 heteroatoms. The van der Waals surface area contributed by atoms with Gasteiger partial charge in [0, 0.05) is 19.6 Å². The zero-order valence-corrected chi connectivity index (χ0v) is 12.0. The van der Waals surface area contributed by atoms with Crippen molar-refractivity contribution in [3.63, 3.8) is 0 Å². The van der Waals surface area contributed by atoms with Crippen molar-refractivity contribution in [2.75, 3.05) is 6.54 Å². The van der Waals surface area contributed by atoms with E-state index in [1.54, 1.807) is 0 Å².